The maximum Gasteiger partial charge on any atom is 0.255 e. The Morgan fingerprint density at radius 2 is 1.88 bits per heavy atom. The van der Waals surface area contributed by atoms with E-state index in [0.29, 0.717) is 39.8 Å². The van der Waals surface area contributed by atoms with Crippen molar-refractivity contribution in [2.24, 2.45) is 0 Å². The number of rotatable bonds is 7. The number of carbonyl (C=O) groups excluding carboxylic acids is 2. The molecule has 0 saturated heterocycles. The third kappa shape index (κ3) is 5.50. The summed E-state index contributed by atoms with van der Waals surface area (Å²) in [5.74, 6) is 0.387. The van der Waals surface area contributed by atoms with E-state index in [4.69, 9.17) is 16.3 Å². The number of halogens is 1. The lowest BCUT2D eigenvalue weighted by Crippen LogP contribution is -2.13. The van der Waals surface area contributed by atoms with Gasteiger partial charge < -0.3 is 15.4 Å². The lowest BCUT2D eigenvalue weighted by atomic mass is 10.1. The van der Waals surface area contributed by atoms with E-state index in [-0.39, 0.29) is 11.8 Å². The number of carbonyl (C=O) groups is 2. The number of fused-ring (bicyclic) bond motifs is 1. The standard InChI is InChI=1S/C25H22ClN3O3S/c1-15-5-3-8-19(26)23(15)29-24(31)17-10-11-20-21(14-17)33-25(27-20)28-22(30)12-9-16-6-4-7-18(13-16)32-2/h3-8,10-11,13-14H,9,12H2,1-2H3,(H,29,31)(H,27,28,30). The van der Waals surface area contributed by atoms with Crippen LogP contribution in [0.3, 0.4) is 0 Å². The van der Waals surface area contributed by atoms with Crippen LogP contribution in [0.2, 0.25) is 5.02 Å². The van der Waals surface area contributed by atoms with Crippen molar-refractivity contribution >= 4 is 55.8 Å². The van der Waals surface area contributed by atoms with Crippen LogP contribution >= 0.6 is 22.9 Å². The van der Waals surface area contributed by atoms with Crippen molar-refractivity contribution < 1.29 is 14.3 Å². The summed E-state index contributed by atoms with van der Waals surface area (Å²) in [6.45, 7) is 1.89. The Hall–Kier alpha value is -3.42. The first-order valence-corrected chi connectivity index (χ1v) is 11.5. The van der Waals surface area contributed by atoms with Crippen LogP contribution in [0.5, 0.6) is 5.75 Å². The summed E-state index contributed by atoms with van der Waals surface area (Å²) in [5.41, 5.74) is 3.71. The Balaban J connectivity index is 1.42. The number of aromatic nitrogens is 1. The van der Waals surface area contributed by atoms with Crippen molar-refractivity contribution in [3.8, 4) is 5.75 Å². The minimum Gasteiger partial charge on any atom is -0.497 e. The molecule has 0 fully saturated rings. The molecule has 0 bridgehead atoms. The highest BCUT2D eigenvalue weighted by atomic mass is 35.5. The maximum absolute atomic E-state index is 12.7. The molecule has 1 aromatic heterocycles. The van der Waals surface area contributed by atoms with Gasteiger partial charge in [-0.2, -0.15) is 0 Å². The molecular weight excluding hydrogens is 458 g/mol. The average Bonchev–Trinajstić information content (AvgIpc) is 3.21. The third-order valence-corrected chi connectivity index (χ3v) is 6.38. The number of thiazole rings is 1. The van der Waals surface area contributed by atoms with Gasteiger partial charge in [0.05, 0.1) is 28.0 Å². The summed E-state index contributed by atoms with van der Waals surface area (Å²) in [4.78, 5) is 29.6. The van der Waals surface area contributed by atoms with Gasteiger partial charge in [0.2, 0.25) is 5.91 Å². The van der Waals surface area contributed by atoms with Crippen molar-refractivity contribution in [3.63, 3.8) is 0 Å². The zero-order valence-electron chi connectivity index (χ0n) is 18.1. The van der Waals surface area contributed by atoms with Crippen LogP contribution in [0.1, 0.15) is 27.9 Å². The maximum atomic E-state index is 12.7. The van der Waals surface area contributed by atoms with Crippen LogP contribution in [0, 0.1) is 6.92 Å². The number of para-hydroxylation sites is 1. The Morgan fingerprint density at radius 3 is 2.67 bits per heavy atom. The van der Waals surface area contributed by atoms with E-state index in [1.165, 1.54) is 11.3 Å². The van der Waals surface area contributed by atoms with Crippen LogP contribution in [0.4, 0.5) is 10.8 Å². The van der Waals surface area contributed by atoms with Crippen molar-refractivity contribution in [1.29, 1.82) is 0 Å². The Labute approximate surface area is 200 Å². The van der Waals surface area contributed by atoms with Gasteiger partial charge in [-0.15, -0.1) is 0 Å². The van der Waals surface area contributed by atoms with Gasteiger partial charge in [0.15, 0.2) is 5.13 Å². The van der Waals surface area contributed by atoms with E-state index in [1.807, 2.05) is 43.3 Å². The molecule has 0 atom stereocenters. The van der Waals surface area contributed by atoms with Gasteiger partial charge in [0.25, 0.3) is 5.91 Å². The number of methoxy groups -OCH3 is 1. The predicted molar refractivity (Wildman–Crippen MR) is 134 cm³/mol. The van der Waals surface area contributed by atoms with E-state index in [1.54, 1.807) is 31.4 Å². The van der Waals surface area contributed by atoms with Crippen LogP contribution in [-0.4, -0.2) is 23.9 Å². The van der Waals surface area contributed by atoms with Crippen LogP contribution in [-0.2, 0) is 11.2 Å². The molecule has 2 N–H and O–H groups in total. The lowest BCUT2D eigenvalue weighted by Gasteiger charge is -2.10. The second kappa shape index (κ2) is 10.0. The summed E-state index contributed by atoms with van der Waals surface area (Å²) in [7, 11) is 1.62. The molecule has 1 heterocycles. The number of hydrogen-bond acceptors (Lipinski definition) is 5. The molecule has 3 aromatic carbocycles. The number of nitrogens with one attached hydrogen (secondary N) is 2. The van der Waals surface area contributed by atoms with Gasteiger partial charge in [-0.3, -0.25) is 9.59 Å². The molecule has 0 unspecified atom stereocenters. The Bertz CT molecular complexity index is 1320. The number of amides is 2. The molecule has 33 heavy (non-hydrogen) atoms. The van der Waals surface area contributed by atoms with Crippen molar-refractivity contribution in [1.82, 2.24) is 4.98 Å². The number of nitrogens with zero attached hydrogens (tertiary/aromatic N) is 1. The highest BCUT2D eigenvalue weighted by Gasteiger charge is 2.14. The molecule has 0 aliphatic rings. The predicted octanol–water partition coefficient (Wildman–Crippen LogP) is 6.09. The first-order chi connectivity index (χ1) is 15.9. The number of aryl methyl sites for hydroxylation is 2. The molecule has 0 saturated carbocycles. The van der Waals surface area contributed by atoms with Crippen molar-refractivity contribution in [2.75, 3.05) is 17.7 Å². The summed E-state index contributed by atoms with van der Waals surface area (Å²) >= 11 is 7.55. The number of benzene rings is 3. The Kier molecular flexibility index (Phi) is 6.91. The minimum absolute atomic E-state index is 0.121. The zero-order valence-corrected chi connectivity index (χ0v) is 19.7. The molecular formula is C25H22ClN3O3S. The molecule has 6 nitrogen and oxygen atoms in total. The first-order valence-electron chi connectivity index (χ1n) is 10.3. The second-order valence-corrected chi connectivity index (χ2v) is 8.92. The summed E-state index contributed by atoms with van der Waals surface area (Å²) < 4.78 is 6.03. The molecule has 4 aromatic rings. The fourth-order valence-corrected chi connectivity index (χ4v) is 4.55. The molecule has 0 spiro atoms. The number of ether oxygens (including phenoxy) is 1. The molecule has 168 valence electrons. The van der Waals surface area contributed by atoms with Crippen LogP contribution in [0.15, 0.2) is 60.7 Å². The third-order valence-electron chi connectivity index (χ3n) is 5.13. The van der Waals surface area contributed by atoms with Gasteiger partial charge in [-0.1, -0.05) is 47.2 Å². The van der Waals surface area contributed by atoms with Gasteiger partial charge in [0.1, 0.15) is 5.75 Å². The molecule has 0 aliphatic carbocycles. The van der Waals surface area contributed by atoms with E-state index in [9.17, 15) is 9.59 Å². The molecule has 8 heteroatoms. The van der Waals surface area contributed by atoms with E-state index >= 15 is 0 Å². The van der Waals surface area contributed by atoms with Gasteiger partial charge >= 0.3 is 0 Å². The van der Waals surface area contributed by atoms with Crippen LogP contribution in [0.25, 0.3) is 10.2 Å². The molecule has 2 amide bonds. The van der Waals surface area contributed by atoms with E-state index in [0.717, 1.165) is 21.6 Å². The first kappa shape index (κ1) is 22.8. The minimum atomic E-state index is -0.259. The fourth-order valence-electron chi connectivity index (χ4n) is 3.36. The zero-order chi connectivity index (χ0) is 23.4. The van der Waals surface area contributed by atoms with E-state index in [2.05, 4.69) is 15.6 Å². The van der Waals surface area contributed by atoms with Crippen molar-refractivity contribution in [3.05, 3.63) is 82.4 Å². The van der Waals surface area contributed by atoms with Crippen LogP contribution < -0.4 is 15.4 Å². The smallest absolute Gasteiger partial charge is 0.255 e. The monoisotopic (exact) mass is 479 g/mol. The summed E-state index contributed by atoms with van der Waals surface area (Å²) in [5, 5.41) is 6.71. The summed E-state index contributed by atoms with van der Waals surface area (Å²) in [6, 6.07) is 18.4. The van der Waals surface area contributed by atoms with E-state index < -0.39 is 0 Å². The van der Waals surface area contributed by atoms with Gasteiger partial charge in [0, 0.05) is 12.0 Å². The quantitative estimate of drug-likeness (QED) is 0.336. The van der Waals surface area contributed by atoms with Crippen molar-refractivity contribution in [2.45, 2.75) is 19.8 Å². The molecule has 4 rings (SSSR count). The fraction of sp³-hybridized carbons (Fsp3) is 0.160. The average molecular weight is 480 g/mol. The topological polar surface area (TPSA) is 80.3 Å². The normalized spacial score (nSPS) is 10.8. The molecule has 0 radical (unpaired) electrons. The number of anilines is 2. The Morgan fingerprint density at radius 1 is 1.06 bits per heavy atom. The highest BCUT2D eigenvalue weighted by Crippen LogP contribution is 2.29. The van der Waals surface area contributed by atoms with Gasteiger partial charge in [-0.05, 0) is 60.9 Å². The SMILES string of the molecule is COc1cccc(CCC(=O)Nc2nc3ccc(C(=O)Nc4c(C)cccc4Cl)cc3s2)c1. The highest BCUT2D eigenvalue weighted by molar-refractivity contribution is 7.22. The molecule has 0 aliphatic heterocycles. The van der Waals surface area contributed by atoms with Gasteiger partial charge in [-0.25, -0.2) is 4.98 Å². The lowest BCUT2D eigenvalue weighted by molar-refractivity contribution is -0.116. The number of hydrogen-bond donors (Lipinski definition) is 2. The second-order valence-electron chi connectivity index (χ2n) is 7.49. The largest absolute Gasteiger partial charge is 0.497 e. The summed E-state index contributed by atoms with van der Waals surface area (Å²) in [6.07, 6.45) is 0.924.